The summed E-state index contributed by atoms with van der Waals surface area (Å²) in [6, 6.07) is 0.322. The Hall–Kier alpha value is -1.08. The maximum absolute atomic E-state index is 13.0. The lowest BCUT2D eigenvalue weighted by Crippen LogP contribution is -2.50. The number of ether oxygens (including phenoxy) is 1. The van der Waals surface area contributed by atoms with Crippen molar-refractivity contribution in [1.29, 1.82) is 0 Å². The average Bonchev–Trinajstić information content (AvgIpc) is 3.09. The molecular formula is C20H31N3O3S. The van der Waals surface area contributed by atoms with Crippen LogP contribution in [-0.4, -0.2) is 52.1 Å². The summed E-state index contributed by atoms with van der Waals surface area (Å²) in [5, 5.41) is 3.27. The van der Waals surface area contributed by atoms with Gasteiger partial charge in [-0.05, 0) is 38.5 Å². The predicted molar refractivity (Wildman–Crippen MR) is 107 cm³/mol. The molecule has 0 radical (unpaired) electrons. The maximum atomic E-state index is 13.0. The van der Waals surface area contributed by atoms with Crippen molar-refractivity contribution < 1.29 is 14.3 Å². The van der Waals surface area contributed by atoms with Crippen molar-refractivity contribution in [3.63, 3.8) is 0 Å². The van der Waals surface area contributed by atoms with Gasteiger partial charge < -0.3 is 15.0 Å². The Kier molecular flexibility index (Phi) is 6.07. The molecule has 0 aromatic rings. The fraction of sp³-hybridized carbons (Fsp3) is 0.850. The van der Waals surface area contributed by atoms with E-state index >= 15 is 0 Å². The molecule has 2 saturated heterocycles. The van der Waals surface area contributed by atoms with E-state index in [0.29, 0.717) is 19.2 Å². The molecule has 6 nitrogen and oxygen atoms in total. The van der Waals surface area contributed by atoms with Crippen LogP contribution in [0.3, 0.4) is 0 Å². The van der Waals surface area contributed by atoms with Crippen molar-refractivity contribution in [2.24, 2.45) is 4.99 Å². The molecule has 1 atom stereocenters. The first-order chi connectivity index (χ1) is 13.2. The lowest BCUT2D eigenvalue weighted by molar-refractivity contribution is -0.155. The Morgan fingerprint density at radius 2 is 1.85 bits per heavy atom. The molecule has 27 heavy (non-hydrogen) atoms. The average molecular weight is 394 g/mol. The highest BCUT2D eigenvalue weighted by Crippen LogP contribution is 2.39. The summed E-state index contributed by atoms with van der Waals surface area (Å²) in [5.41, 5.74) is -0.396. The molecule has 4 fully saturated rings. The van der Waals surface area contributed by atoms with Gasteiger partial charge in [0.15, 0.2) is 5.17 Å². The van der Waals surface area contributed by atoms with Gasteiger partial charge in [0.1, 0.15) is 11.0 Å². The van der Waals surface area contributed by atoms with Gasteiger partial charge in [-0.15, -0.1) is 0 Å². The van der Waals surface area contributed by atoms with E-state index in [1.165, 1.54) is 43.9 Å². The quantitative estimate of drug-likeness (QED) is 0.748. The van der Waals surface area contributed by atoms with Crippen LogP contribution in [0.4, 0.5) is 0 Å². The van der Waals surface area contributed by atoms with Gasteiger partial charge in [0.05, 0.1) is 12.6 Å². The molecule has 1 spiro atoms. The third-order valence-corrected chi connectivity index (χ3v) is 7.47. The van der Waals surface area contributed by atoms with Crippen LogP contribution in [0.25, 0.3) is 0 Å². The molecule has 0 aromatic carbocycles. The number of aliphatic imine (C=N–C) groups is 1. The third-order valence-electron chi connectivity index (χ3n) is 6.37. The molecule has 2 amide bonds. The number of amides is 2. The Balaban J connectivity index is 1.36. The minimum absolute atomic E-state index is 0.0535. The second-order valence-corrected chi connectivity index (χ2v) is 9.47. The highest BCUT2D eigenvalue weighted by molar-refractivity contribution is 8.15. The second-order valence-electron chi connectivity index (χ2n) is 8.28. The molecule has 2 aliphatic heterocycles. The molecular weight excluding hydrogens is 362 g/mol. The summed E-state index contributed by atoms with van der Waals surface area (Å²) in [4.78, 5) is 32.1. The van der Waals surface area contributed by atoms with Crippen LogP contribution in [0.1, 0.15) is 77.0 Å². The number of thioether (sulfide) groups is 1. The molecule has 1 unspecified atom stereocenters. The zero-order valence-corrected chi connectivity index (χ0v) is 16.9. The van der Waals surface area contributed by atoms with E-state index in [0.717, 1.165) is 43.7 Å². The second kappa shape index (κ2) is 8.52. The minimum Gasteiger partial charge on any atom is -0.354 e. The molecule has 7 heteroatoms. The van der Waals surface area contributed by atoms with Crippen LogP contribution >= 0.6 is 11.8 Å². The number of hydrogen-bond acceptors (Lipinski definition) is 5. The van der Waals surface area contributed by atoms with Crippen molar-refractivity contribution in [2.75, 3.05) is 13.2 Å². The molecule has 1 N–H and O–H groups in total. The molecule has 0 bridgehead atoms. The van der Waals surface area contributed by atoms with Crippen LogP contribution in [0.15, 0.2) is 4.99 Å². The van der Waals surface area contributed by atoms with E-state index in [1.807, 2.05) is 4.90 Å². The number of amidine groups is 1. The van der Waals surface area contributed by atoms with Gasteiger partial charge in [-0.25, -0.2) is 0 Å². The lowest BCUT2D eigenvalue weighted by Gasteiger charge is -2.40. The van der Waals surface area contributed by atoms with E-state index in [1.54, 1.807) is 0 Å². The minimum atomic E-state index is -0.396. The Morgan fingerprint density at radius 3 is 2.59 bits per heavy atom. The van der Waals surface area contributed by atoms with E-state index in [2.05, 4.69) is 5.32 Å². The normalized spacial score (nSPS) is 30.7. The van der Waals surface area contributed by atoms with Gasteiger partial charge in [-0.3, -0.25) is 14.6 Å². The first-order valence-corrected chi connectivity index (χ1v) is 11.5. The van der Waals surface area contributed by atoms with Crippen molar-refractivity contribution in [3.8, 4) is 0 Å². The van der Waals surface area contributed by atoms with E-state index in [-0.39, 0.29) is 23.5 Å². The SMILES string of the molecule is O=C1NC(=NC2CCCCCC2)SC1CC(=O)N1CCOC12CCCCC2. The zero-order chi connectivity index (χ0) is 18.7. The summed E-state index contributed by atoms with van der Waals surface area (Å²) in [6.07, 6.45) is 12.8. The highest BCUT2D eigenvalue weighted by atomic mass is 32.2. The van der Waals surface area contributed by atoms with Crippen molar-refractivity contribution in [1.82, 2.24) is 10.2 Å². The maximum Gasteiger partial charge on any atom is 0.240 e. The third kappa shape index (κ3) is 4.34. The van der Waals surface area contributed by atoms with E-state index in [9.17, 15) is 9.59 Å². The van der Waals surface area contributed by atoms with Crippen LogP contribution in [0, 0.1) is 0 Å². The summed E-state index contributed by atoms with van der Waals surface area (Å²) < 4.78 is 6.01. The van der Waals surface area contributed by atoms with Crippen molar-refractivity contribution in [2.45, 2.75) is 94.1 Å². The zero-order valence-electron chi connectivity index (χ0n) is 16.1. The summed E-state index contributed by atoms with van der Waals surface area (Å²) >= 11 is 1.44. The summed E-state index contributed by atoms with van der Waals surface area (Å²) in [7, 11) is 0. The first-order valence-electron chi connectivity index (χ1n) is 10.7. The van der Waals surface area contributed by atoms with Crippen LogP contribution in [-0.2, 0) is 14.3 Å². The summed E-state index contributed by atoms with van der Waals surface area (Å²) in [5.74, 6) is -0.0173. The van der Waals surface area contributed by atoms with Gasteiger partial charge in [0.25, 0.3) is 0 Å². The van der Waals surface area contributed by atoms with Crippen LogP contribution < -0.4 is 5.32 Å². The number of nitrogens with one attached hydrogen (secondary N) is 1. The molecule has 4 rings (SSSR count). The molecule has 0 aromatic heterocycles. The first kappa shape index (κ1) is 19.2. The standard InChI is InChI=1S/C20H31N3O3S/c24-17(23-12-13-26-20(23)10-6-3-7-11-20)14-16-18(25)22-19(27-16)21-15-8-4-1-2-5-9-15/h15-16H,1-14H2,(H,21,22,25). The highest BCUT2D eigenvalue weighted by Gasteiger charge is 2.46. The van der Waals surface area contributed by atoms with Crippen molar-refractivity contribution >= 4 is 28.7 Å². The number of carbonyl (C=O) groups is 2. The Morgan fingerprint density at radius 1 is 1.15 bits per heavy atom. The number of carbonyl (C=O) groups excluding carboxylic acids is 2. The van der Waals surface area contributed by atoms with Crippen molar-refractivity contribution in [3.05, 3.63) is 0 Å². The number of hydrogen-bond donors (Lipinski definition) is 1. The largest absolute Gasteiger partial charge is 0.354 e. The topological polar surface area (TPSA) is 71.0 Å². The number of nitrogens with zero attached hydrogens (tertiary/aromatic N) is 2. The van der Waals surface area contributed by atoms with Crippen LogP contribution in [0.5, 0.6) is 0 Å². The fourth-order valence-electron chi connectivity index (χ4n) is 4.90. The van der Waals surface area contributed by atoms with Gasteiger partial charge in [-0.1, -0.05) is 43.9 Å². The van der Waals surface area contributed by atoms with Gasteiger partial charge in [0.2, 0.25) is 11.8 Å². The molecule has 2 saturated carbocycles. The van der Waals surface area contributed by atoms with E-state index in [4.69, 9.17) is 9.73 Å². The number of rotatable bonds is 3. The summed E-state index contributed by atoms with van der Waals surface area (Å²) in [6.45, 7) is 1.27. The fourth-order valence-corrected chi connectivity index (χ4v) is 5.93. The van der Waals surface area contributed by atoms with E-state index < -0.39 is 5.72 Å². The Labute approximate surface area is 165 Å². The van der Waals surface area contributed by atoms with Crippen LogP contribution in [0.2, 0.25) is 0 Å². The molecule has 2 aliphatic carbocycles. The predicted octanol–water partition coefficient (Wildman–Crippen LogP) is 3.21. The van der Waals surface area contributed by atoms with Gasteiger partial charge >= 0.3 is 0 Å². The molecule has 4 aliphatic rings. The smallest absolute Gasteiger partial charge is 0.240 e. The monoisotopic (exact) mass is 393 g/mol. The van der Waals surface area contributed by atoms with Gasteiger partial charge in [0, 0.05) is 13.0 Å². The molecule has 150 valence electrons. The Bertz CT molecular complexity index is 595. The lowest BCUT2D eigenvalue weighted by atomic mass is 9.90. The van der Waals surface area contributed by atoms with Gasteiger partial charge in [-0.2, -0.15) is 0 Å². The molecule has 2 heterocycles.